The van der Waals surface area contributed by atoms with Crippen LogP contribution in [-0.2, 0) is 14.8 Å². The predicted molar refractivity (Wildman–Crippen MR) is 110 cm³/mol. The Kier molecular flexibility index (Phi) is 6.85. The maximum Gasteiger partial charge on any atom is 0.260 e. The molecule has 0 aliphatic carbocycles. The van der Waals surface area contributed by atoms with E-state index >= 15 is 0 Å². The van der Waals surface area contributed by atoms with E-state index in [1.54, 1.807) is 17.0 Å². The average molecular weight is 428 g/mol. The summed E-state index contributed by atoms with van der Waals surface area (Å²) < 4.78 is 31.5. The molecule has 3 rings (SSSR count). The van der Waals surface area contributed by atoms with Crippen molar-refractivity contribution in [2.24, 2.45) is 0 Å². The lowest BCUT2D eigenvalue weighted by atomic mass is 10.1. The Morgan fingerprint density at radius 1 is 1.25 bits per heavy atom. The Morgan fingerprint density at radius 3 is 2.57 bits per heavy atom. The quantitative estimate of drug-likeness (QED) is 0.722. The number of halogens is 1. The van der Waals surface area contributed by atoms with Crippen LogP contribution in [0.5, 0.6) is 5.75 Å². The Bertz CT molecular complexity index is 816. The number of ether oxygens (including phenoxy) is 1. The minimum atomic E-state index is -3.45. The number of sulfonamides is 1. The second-order valence-corrected chi connectivity index (χ2v) is 9.17. The number of carbonyl (C=O) groups excluding carboxylic acids is 1. The van der Waals surface area contributed by atoms with E-state index in [0.29, 0.717) is 36.7 Å². The Hall–Kier alpha value is -1.77. The third kappa shape index (κ3) is 5.40. The van der Waals surface area contributed by atoms with Gasteiger partial charge >= 0.3 is 0 Å². The molecule has 1 aromatic rings. The molecule has 2 heterocycles. The fourth-order valence-corrected chi connectivity index (χ4v) is 4.54. The number of nitrogens with zero attached hydrogens (tertiary/aromatic N) is 2. The molecule has 0 bridgehead atoms. The molecule has 0 saturated carbocycles. The lowest BCUT2D eigenvalue weighted by molar-refractivity contribution is -0.134. The number of anilines is 1. The van der Waals surface area contributed by atoms with E-state index in [9.17, 15) is 13.2 Å². The van der Waals surface area contributed by atoms with Gasteiger partial charge in [0.2, 0.25) is 10.0 Å². The molecule has 7 nitrogen and oxygen atoms in total. The molecule has 28 heavy (non-hydrogen) atoms. The number of hydrogen-bond donors (Lipinski definition) is 1. The zero-order chi connectivity index (χ0) is 20.1. The lowest BCUT2D eigenvalue weighted by Crippen LogP contribution is -2.47. The van der Waals surface area contributed by atoms with E-state index < -0.39 is 10.0 Å². The van der Waals surface area contributed by atoms with Crippen LogP contribution in [0, 0.1) is 0 Å². The Morgan fingerprint density at radius 2 is 1.93 bits per heavy atom. The van der Waals surface area contributed by atoms with Crippen molar-refractivity contribution >= 4 is 33.2 Å². The maximum absolute atomic E-state index is 12.5. The highest BCUT2D eigenvalue weighted by Crippen LogP contribution is 2.33. The number of amides is 1. The molecule has 1 amide bonds. The topological polar surface area (TPSA) is 79.0 Å². The highest BCUT2D eigenvalue weighted by molar-refractivity contribution is 7.92. The van der Waals surface area contributed by atoms with Crippen LogP contribution in [0.25, 0.3) is 0 Å². The van der Waals surface area contributed by atoms with Crippen LogP contribution in [-0.4, -0.2) is 58.1 Å². The zero-order valence-electron chi connectivity index (χ0n) is 15.8. The van der Waals surface area contributed by atoms with Crippen molar-refractivity contribution < 1.29 is 17.9 Å². The normalized spacial score (nSPS) is 18.3. The van der Waals surface area contributed by atoms with Crippen molar-refractivity contribution in [1.82, 2.24) is 9.62 Å². The van der Waals surface area contributed by atoms with Gasteiger partial charge in [-0.2, -0.15) is 0 Å². The van der Waals surface area contributed by atoms with Crippen molar-refractivity contribution in [3.05, 3.63) is 35.2 Å². The second-order valence-electron chi connectivity index (χ2n) is 7.08. The predicted octanol–water partition coefficient (Wildman–Crippen LogP) is 2.37. The second kappa shape index (κ2) is 9.15. The van der Waals surface area contributed by atoms with Gasteiger partial charge in [0.1, 0.15) is 5.75 Å². The molecular formula is C19H26ClN3O4S. The number of benzene rings is 1. The molecule has 2 fully saturated rings. The van der Waals surface area contributed by atoms with Crippen LogP contribution in [0.4, 0.5) is 5.69 Å². The van der Waals surface area contributed by atoms with Crippen molar-refractivity contribution in [2.75, 3.05) is 37.7 Å². The SMILES string of the molecule is C=CS(=O)(=O)NC1CCN(C(=O)COc2ccc(Cl)cc2N2CCCC2)CC1. The number of nitrogens with one attached hydrogen (secondary N) is 1. The van der Waals surface area contributed by atoms with Gasteiger partial charge in [0.05, 0.1) is 5.69 Å². The maximum atomic E-state index is 12.5. The van der Waals surface area contributed by atoms with E-state index in [2.05, 4.69) is 16.2 Å². The molecule has 1 aromatic carbocycles. The molecule has 2 aliphatic rings. The number of likely N-dealkylation sites (tertiary alicyclic amines) is 1. The van der Waals surface area contributed by atoms with Gasteiger partial charge in [-0.25, -0.2) is 13.1 Å². The highest BCUT2D eigenvalue weighted by atomic mass is 35.5. The van der Waals surface area contributed by atoms with Crippen molar-refractivity contribution in [2.45, 2.75) is 31.7 Å². The first kappa shape index (κ1) is 21.0. The summed E-state index contributed by atoms with van der Waals surface area (Å²) in [7, 11) is -3.45. The molecule has 1 N–H and O–H groups in total. The lowest BCUT2D eigenvalue weighted by Gasteiger charge is -2.32. The van der Waals surface area contributed by atoms with E-state index in [0.717, 1.165) is 37.0 Å². The first-order valence-electron chi connectivity index (χ1n) is 9.48. The minimum absolute atomic E-state index is 0.0501. The molecular weight excluding hydrogens is 402 g/mol. The van der Waals surface area contributed by atoms with Gasteiger partial charge in [-0.05, 0) is 43.9 Å². The Balaban J connectivity index is 1.53. The third-order valence-electron chi connectivity index (χ3n) is 5.12. The molecule has 2 saturated heterocycles. The first-order valence-corrected chi connectivity index (χ1v) is 11.4. The van der Waals surface area contributed by atoms with Gasteiger partial charge < -0.3 is 14.5 Å². The van der Waals surface area contributed by atoms with Crippen molar-refractivity contribution in [3.63, 3.8) is 0 Å². The zero-order valence-corrected chi connectivity index (χ0v) is 17.3. The van der Waals surface area contributed by atoms with Gasteiger partial charge in [0.15, 0.2) is 6.61 Å². The van der Waals surface area contributed by atoms with Gasteiger partial charge in [-0.1, -0.05) is 18.2 Å². The van der Waals surface area contributed by atoms with Crippen LogP contribution in [0.15, 0.2) is 30.2 Å². The fraction of sp³-hybridized carbons (Fsp3) is 0.526. The summed E-state index contributed by atoms with van der Waals surface area (Å²) >= 11 is 6.14. The van der Waals surface area contributed by atoms with Crippen LogP contribution in [0.1, 0.15) is 25.7 Å². The van der Waals surface area contributed by atoms with Crippen molar-refractivity contribution in [3.8, 4) is 5.75 Å². The summed E-state index contributed by atoms with van der Waals surface area (Å²) in [6.45, 7) is 6.14. The van der Waals surface area contributed by atoms with E-state index in [-0.39, 0.29) is 18.6 Å². The number of piperidine rings is 1. The summed E-state index contributed by atoms with van der Waals surface area (Å²) in [6.07, 6.45) is 3.41. The molecule has 9 heteroatoms. The first-order chi connectivity index (χ1) is 13.4. The van der Waals surface area contributed by atoms with Crippen LogP contribution in [0.3, 0.4) is 0 Å². The van der Waals surface area contributed by atoms with E-state index in [1.807, 2.05) is 6.07 Å². The van der Waals surface area contributed by atoms with Gasteiger partial charge in [0, 0.05) is 42.7 Å². The summed E-state index contributed by atoms with van der Waals surface area (Å²) in [6, 6.07) is 5.27. The monoisotopic (exact) mass is 427 g/mol. The van der Waals surface area contributed by atoms with Gasteiger partial charge in [-0.15, -0.1) is 0 Å². The van der Waals surface area contributed by atoms with Crippen LogP contribution in [0.2, 0.25) is 5.02 Å². The summed E-state index contributed by atoms with van der Waals surface area (Å²) in [5.74, 6) is 0.556. The largest absolute Gasteiger partial charge is 0.482 e. The van der Waals surface area contributed by atoms with Crippen LogP contribution >= 0.6 is 11.6 Å². The summed E-state index contributed by atoms with van der Waals surface area (Å²) in [4.78, 5) is 16.5. The Labute approximate surface area is 171 Å². The van der Waals surface area contributed by atoms with E-state index in [1.165, 1.54) is 0 Å². The van der Waals surface area contributed by atoms with E-state index in [4.69, 9.17) is 16.3 Å². The smallest absolute Gasteiger partial charge is 0.260 e. The third-order valence-corrected chi connectivity index (χ3v) is 6.45. The fourth-order valence-electron chi connectivity index (χ4n) is 3.58. The number of carbonyl (C=O) groups is 1. The van der Waals surface area contributed by atoms with Crippen LogP contribution < -0.4 is 14.4 Å². The molecule has 0 atom stereocenters. The number of hydrogen-bond acceptors (Lipinski definition) is 5. The van der Waals surface area contributed by atoms with Crippen molar-refractivity contribution in [1.29, 1.82) is 0 Å². The minimum Gasteiger partial charge on any atom is -0.482 e. The molecule has 0 aromatic heterocycles. The molecule has 0 unspecified atom stereocenters. The highest BCUT2D eigenvalue weighted by Gasteiger charge is 2.25. The molecule has 154 valence electrons. The van der Waals surface area contributed by atoms with Gasteiger partial charge in [-0.3, -0.25) is 4.79 Å². The van der Waals surface area contributed by atoms with Gasteiger partial charge in [0.25, 0.3) is 5.91 Å². The average Bonchev–Trinajstić information content (AvgIpc) is 3.21. The summed E-state index contributed by atoms with van der Waals surface area (Å²) in [5, 5.41) is 1.55. The molecule has 2 aliphatic heterocycles. The number of rotatable bonds is 7. The molecule has 0 radical (unpaired) electrons. The summed E-state index contributed by atoms with van der Waals surface area (Å²) in [5.41, 5.74) is 0.926. The molecule has 0 spiro atoms. The standard InChI is InChI=1S/C19H26ClN3O4S/c1-2-28(25,26)21-16-7-11-23(12-8-16)19(24)14-27-18-6-5-15(20)13-17(18)22-9-3-4-10-22/h2,5-6,13,16,21H,1,3-4,7-12,14H2.